The average Bonchev–Trinajstić information content (AvgIpc) is 3.26. The van der Waals surface area contributed by atoms with Crippen LogP contribution >= 0.6 is 15.9 Å². The van der Waals surface area contributed by atoms with E-state index in [-0.39, 0.29) is 23.6 Å². The van der Waals surface area contributed by atoms with Crippen LogP contribution in [0.5, 0.6) is 11.5 Å². The summed E-state index contributed by atoms with van der Waals surface area (Å²) in [6.45, 7) is -0.969. The van der Waals surface area contributed by atoms with E-state index in [1.807, 2.05) is 30.3 Å². The molecule has 7 nitrogen and oxygen atoms in total. The minimum atomic E-state index is -2.09. The summed E-state index contributed by atoms with van der Waals surface area (Å²) in [7, 11) is 1.43. The lowest BCUT2D eigenvalue weighted by Gasteiger charge is -2.40. The summed E-state index contributed by atoms with van der Waals surface area (Å²) in [6.07, 6.45) is 1.27. The predicted molar refractivity (Wildman–Crippen MR) is 129 cm³/mol. The first-order valence-corrected chi connectivity index (χ1v) is 12.0. The van der Waals surface area contributed by atoms with E-state index in [4.69, 9.17) is 9.47 Å². The van der Waals surface area contributed by atoms with Gasteiger partial charge < -0.3 is 25.0 Å². The van der Waals surface area contributed by atoms with Gasteiger partial charge in [-0.15, -0.1) is 0 Å². The van der Waals surface area contributed by atoms with E-state index in [9.17, 15) is 19.4 Å². The largest absolute Gasteiger partial charge is 0.495 e. The highest BCUT2D eigenvalue weighted by atomic mass is 79.9. The number of aliphatic hydroxyl groups is 2. The summed E-state index contributed by atoms with van der Waals surface area (Å²) in [6, 6.07) is 16.3. The lowest BCUT2D eigenvalue weighted by molar-refractivity contribution is -0.154. The molecule has 0 spiro atoms. The molecule has 1 aromatic heterocycles. The Kier molecular flexibility index (Phi) is 6.03. The summed E-state index contributed by atoms with van der Waals surface area (Å²) in [5.74, 6) is -2.12. The van der Waals surface area contributed by atoms with Crippen LogP contribution in [0.15, 0.2) is 71.5 Å². The van der Waals surface area contributed by atoms with Gasteiger partial charge >= 0.3 is 0 Å². The fourth-order valence-electron chi connectivity index (χ4n) is 5.67. The number of halogens is 2. The van der Waals surface area contributed by atoms with Gasteiger partial charge in [0.2, 0.25) is 5.91 Å². The standard InChI is InChI=1S/C26H24BrFN2O5/c1-34-18-13-29-14-19-22(18)25(33)23(31)20(24(32)30-12-11-28)21(15-5-3-2-4-6-15)26(25,35-19)16-7-9-17(27)10-8-16/h2-10,13-14,20-21,23,31,33H,11-12H2,1H3,(H,30,32)/t20-,21-,23-,25+,26+/m1/s1. The number of benzene rings is 2. The predicted octanol–water partition coefficient (Wildman–Crippen LogP) is 3.19. The molecule has 0 radical (unpaired) electrons. The molecule has 3 aromatic rings. The Hall–Kier alpha value is -3.01. The Bertz CT molecular complexity index is 1240. The molecule has 3 N–H and O–H groups in total. The molecular weight excluding hydrogens is 519 g/mol. The number of aliphatic hydroxyl groups excluding tert-OH is 1. The van der Waals surface area contributed by atoms with Gasteiger partial charge in [0.1, 0.15) is 24.3 Å². The molecular formula is C26H24BrFN2O5. The third kappa shape index (κ3) is 3.29. The number of aromatic nitrogens is 1. The molecule has 1 aliphatic carbocycles. The van der Waals surface area contributed by atoms with Gasteiger partial charge in [0, 0.05) is 16.9 Å². The van der Waals surface area contributed by atoms with Gasteiger partial charge in [-0.25, -0.2) is 4.39 Å². The minimum Gasteiger partial charge on any atom is -0.495 e. The highest BCUT2D eigenvalue weighted by Crippen LogP contribution is 2.69. The number of hydrogen-bond donors (Lipinski definition) is 3. The second kappa shape index (κ2) is 8.89. The summed E-state index contributed by atoms with van der Waals surface area (Å²) < 4.78 is 25.9. The van der Waals surface area contributed by atoms with E-state index in [0.29, 0.717) is 11.1 Å². The van der Waals surface area contributed by atoms with Crippen LogP contribution in [-0.2, 0) is 16.0 Å². The molecule has 9 heteroatoms. The third-order valence-corrected chi connectivity index (χ3v) is 7.54. The molecule has 182 valence electrons. The Morgan fingerprint density at radius 1 is 1.20 bits per heavy atom. The molecule has 2 aliphatic rings. The van der Waals surface area contributed by atoms with Crippen molar-refractivity contribution in [2.75, 3.05) is 20.3 Å². The Morgan fingerprint density at radius 2 is 1.91 bits per heavy atom. The second-order valence-electron chi connectivity index (χ2n) is 8.66. The smallest absolute Gasteiger partial charge is 0.226 e. The van der Waals surface area contributed by atoms with Crippen molar-refractivity contribution in [3.05, 3.63) is 88.2 Å². The maximum absolute atomic E-state index is 13.4. The van der Waals surface area contributed by atoms with Crippen LogP contribution in [0.2, 0.25) is 0 Å². The van der Waals surface area contributed by atoms with Gasteiger partial charge in [0.05, 0.1) is 31.0 Å². The van der Waals surface area contributed by atoms with E-state index in [0.717, 1.165) is 4.47 Å². The molecule has 1 saturated carbocycles. The van der Waals surface area contributed by atoms with E-state index >= 15 is 0 Å². The third-order valence-electron chi connectivity index (χ3n) is 7.01. The minimum absolute atomic E-state index is 0.210. The van der Waals surface area contributed by atoms with Crippen LogP contribution < -0.4 is 14.8 Å². The fourth-order valence-corrected chi connectivity index (χ4v) is 5.94. The first-order valence-electron chi connectivity index (χ1n) is 11.2. The van der Waals surface area contributed by atoms with Crippen molar-refractivity contribution in [1.29, 1.82) is 0 Å². The van der Waals surface area contributed by atoms with Crippen LogP contribution in [0, 0.1) is 5.92 Å². The summed E-state index contributed by atoms with van der Waals surface area (Å²) in [4.78, 5) is 17.6. The zero-order valence-corrected chi connectivity index (χ0v) is 20.4. The van der Waals surface area contributed by atoms with Gasteiger partial charge in [-0.3, -0.25) is 9.78 Å². The Balaban J connectivity index is 1.84. The van der Waals surface area contributed by atoms with Crippen molar-refractivity contribution in [2.24, 2.45) is 5.92 Å². The molecule has 1 aliphatic heterocycles. The van der Waals surface area contributed by atoms with Crippen molar-refractivity contribution < 1.29 is 28.9 Å². The van der Waals surface area contributed by atoms with Gasteiger partial charge in [-0.05, 0) is 23.3 Å². The monoisotopic (exact) mass is 542 g/mol. The van der Waals surface area contributed by atoms with Crippen LogP contribution in [0.4, 0.5) is 4.39 Å². The van der Waals surface area contributed by atoms with Gasteiger partial charge in [-0.2, -0.15) is 0 Å². The molecule has 5 atom stereocenters. The number of methoxy groups -OCH3 is 1. The number of carbonyl (C=O) groups is 1. The zero-order valence-electron chi connectivity index (χ0n) is 18.8. The van der Waals surface area contributed by atoms with Crippen LogP contribution in [0.3, 0.4) is 0 Å². The Labute approximate surface area is 210 Å². The van der Waals surface area contributed by atoms with Crippen molar-refractivity contribution >= 4 is 21.8 Å². The SMILES string of the molecule is COc1cncc2c1[C@]1(O)[C@H](O)[C@H](C(=O)NCCF)[C@@H](c3ccccc3)[C@]1(c1ccc(Br)cc1)O2. The number of alkyl halides is 1. The highest BCUT2D eigenvalue weighted by Gasteiger charge is 2.78. The van der Waals surface area contributed by atoms with Crippen LogP contribution in [-0.4, -0.2) is 47.5 Å². The molecule has 2 heterocycles. The molecule has 0 bridgehead atoms. The molecule has 1 amide bonds. The number of rotatable bonds is 6. The molecule has 0 unspecified atom stereocenters. The van der Waals surface area contributed by atoms with Crippen molar-refractivity contribution in [3.63, 3.8) is 0 Å². The number of amides is 1. The number of nitrogens with zero attached hydrogens (tertiary/aromatic N) is 1. The summed E-state index contributed by atoms with van der Waals surface area (Å²) in [5, 5.41) is 26.9. The summed E-state index contributed by atoms with van der Waals surface area (Å²) >= 11 is 3.44. The maximum atomic E-state index is 13.4. The van der Waals surface area contributed by atoms with E-state index in [1.54, 1.807) is 24.3 Å². The fraction of sp³-hybridized carbons (Fsp3) is 0.308. The molecule has 1 fully saturated rings. The first-order chi connectivity index (χ1) is 16.9. The normalized spacial score (nSPS) is 28.7. The van der Waals surface area contributed by atoms with Crippen LogP contribution in [0.1, 0.15) is 22.6 Å². The summed E-state index contributed by atoms with van der Waals surface area (Å²) in [5.41, 5.74) is -2.28. The van der Waals surface area contributed by atoms with Gasteiger partial charge in [-0.1, -0.05) is 58.4 Å². The molecule has 2 aromatic carbocycles. The topological polar surface area (TPSA) is 101 Å². The average molecular weight is 543 g/mol. The number of fused-ring (bicyclic) bond motifs is 3. The lowest BCUT2D eigenvalue weighted by Crippen LogP contribution is -2.52. The number of hydrogen-bond acceptors (Lipinski definition) is 6. The second-order valence-corrected chi connectivity index (χ2v) is 9.58. The van der Waals surface area contributed by atoms with Crippen LogP contribution in [0.25, 0.3) is 0 Å². The first kappa shape index (κ1) is 23.7. The number of ether oxygens (including phenoxy) is 2. The number of pyridine rings is 1. The van der Waals surface area contributed by atoms with Crippen molar-refractivity contribution in [3.8, 4) is 11.5 Å². The maximum Gasteiger partial charge on any atom is 0.226 e. The van der Waals surface area contributed by atoms with Crippen molar-refractivity contribution in [2.45, 2.75) is 23.2 Å². The molecule has 5 rings (SSSR count). The highest BCUT2D eigenvalue weighted by molar-refractivity contribution is 9.10. The van der Waals surface area contributed by atoms with Gasteiger partial charge in [0.15, 0.2) is 11.2 Å². The Morgan fingerprint density at radius 3 is 2.57 bits per heavy atom. The van der Waals surface area contributed by atoms with Gasteiger partial charge in [0.25, 0.3) is 0 Å². The number of nitrogens with one attached hydrogen (secondary N) is 1. The van der Waals surface area contributed by atoms with E-state index in [1.165, 1.54) is 19.5 Å². The molecule has 0 saturated heterocycles. The van der Waals surface area contributed by atoms with Crippen molar-refractivity contribution in [1.82, 2.24) is 10.3 Å². The zero-order chi connectivity index (χ0) is 24.8. The lowest BCUT2D eigenvalue weighted by atomic mass is 9.70. The van der Waals surface area contributed by atoms with E-state index < -0.39 is 41.7 Å². The quantitative estimate of drug-likeness (QED) is 0.442. The number of carbonyl (C=O) groups excluding carboxylic acids is 1. The molecule has 35 heavy (non-hydrogen) atoms. The van der Waals surface area contributed by atoms with E-state index in [2.05, 4.69) is 26.2 Å².